The zero-order valence-electron chi connectivity index (χ0n) is 12.8. The predicted octanol–water partition coefficient (Wildman–Crippen LogP) is 4.02. The molecule has 1 atom stereocenters. The maximum Gasteiger partial charge on any atom is 0.229 e. The van der Waals surface area contributed by atoms with Gasteiger partial charge >= 0.3 is 0 Å². The fraction of sp³-hybridized carbons (Fsp3) is 0.375. The number of aryl methyl sites for hydroxylation is 1. The average molecular weight is 381 g/mol. The number of rotatable bonds is 5. The van der Waals surface area contributed by atoms with Gasteiger partial charge in [-0.2, -0.15) is 4.98 Å². The van der Waals surface area contributed by atoms with Crippen LogP contribution in [0.25, 0.3) is 0 Å². The molecule has 5 nitrogen and oxygen atoms in total. The van der Waals surface area contributed by atoms with Crippen molar-refractivity contribution in [3.05, 3.63) is 40.2 Å². The molecule has 0 bridgehead atoms. The summed E-state index contributed by atoms with van der Waals surface area (Å²) in [6, 6.07) is 4.94. The number of nitrogens with zero attached hydrogens (tertiary/aromatic N) is 2. The highest BCUT2D eigenvalue weighted by Crippen LogP contribution is 2.23. The van der Waals surface area contributed by atoms with Gasteiger partial charge in [-0.15, -0.1) is 0 Å². The SMILES string of the molecule is Cc1ccc(Nc2ncc(Br)c(NCC3CCCO3)n2)cc1F. The number of anilines is 3. The molecule has 1 aromatic carbocycles. The van der Waals surface area contributed by atoms with Crippen LogP contribution in [0.4, 0.5) is 21.8 Å². The third-order valence-electron chi connectivity index (χ3n) is 3.69. The Kier molecular flexibility index (Phi) is 5.07. The van der Waals surface area contributed by atoms with Crippen molar-refractivity contribution in [1.29, 1.82) is 0 Å². The fourth-order valence-electron chi connectivity index (χ4n) is 2.37. The second kappa shape index (κ2) is 7.23. The van der Waals surface area contributed by atoms with Crippen molar-refractivity contribution < 1.29 is 9.13 Å². The Morgan fingerprint density at radius 3 is 3.04 bits per heavy atom. The molecule has 1 aliphatic rings. The normalized spacial score (nSPS) is 17.3. The van der Waals surface area contributed by atoms with Gasteiger partial charge in [0.05, 0.1) is 10.6 Å². The van der Waals surface area contributed by atoms with Gasteiger partial charge in [-0.1, -0.05) is 6.07 Å². The fourth-order valence-corrected chi connectivity index (χ4v) is 2.70. The minimum Gasteiger partial charge on any atom is -0.376 e. The van der Waals surface area contributed by atoms with Gasteiger partial charge in [0.1, 0.15) is 11.6 Å². The van der Waals surface area contributed by atoms with Crippen LogP contribution >= 0.6 is 15.9 Å². The molecule has 0 spiro atoms. The third kappa shape index (κ3) is 4.17. The topological polar surface area (TPSA) is 59.1 Å². The highest BCUT2D eigenvalue weighted by atomic mass is 79.9. The molecule has 1 fully saturated rings. The molecular formula is C16H18BrFN4O. The molecule has 0 aliphatic carbocycles. The zero-order chi connectivity index (χ0) is 16.2. The summed E-state index contributed by atoms with van der Waals surface area (Å²) in [7, 11) is 0. The number of nitrogens with one attached hydrogen (secondary N) is 2. The molecule has 0 radical (unpaired) electrons. The van der Waals surface area contributed by atoms with Crippen LogP contribution in [0.2, 0.25) is 0 Å². The highest BCUT2D eigenvalue weighted by Gasteiger charge is 2.16. The number of hydrogen-bond acceptors (Lipinski definition) is 5. The van der Waals surface area contributed by atoms with Crippen LogP contribution in [0.5, 0.6) is 0 Å². The van der Waals surface area contributed by atoms with Crippen molar-refractivity contribution in [1.82, 2.24) is 9.97 Å². The Hall–Kier alpha value is -1.73. The minimum absolute atomic E-state index is 0.222. The molecule has 2 heterocycles. The average Bonchev–Trinajstić information content (AvgIpc) is 3.05. The summed E-state index contributed by atoms with van der Waals surface area (Å²) in [5.41, 5.74) is 1.21. The van der Waals surface area contributed by atoms with Crippen LogP contribution in [0.15, 0.2) is 28.9 Å². The molecule has 0 saturated carbocycles. The summed E-state index contributed by atoms with van der Waals surface area (Å²) in [5.74, 6) is 0.834. The smallest absolute Gasteiger partial charge is 0.229 e. The molecule has 1 aliphatic heterocycles. The Bertz CT molecular complexity index is 692. The van der Waals surface area contributed by atoms with Gasteiger partial charge in [0, 0.05) is 25.0 Å². The molecule has 1 aromatic heterocycles. The lowest BCUT2D eigenvalue weighted by molar-refractivity contribution is 0.120. The van der Waals surface area contributed by atoms with E-state index in [1.165, 1.54) is 6.07 Å². The summed E-state index contributed by atoms with van der Waals surface area (Å²) >= 11 is 3.43. The van der Waals surface area contributed by atoms with Crippen LogP contribution in [-0.2, 0) is 4.74 Å². The molecule has 1 unspecified atom stereocenters. The first-order valence-corrected chi connectivity index (χ1v) is 8.32. The second-order valence-electron chi connectivity index (χ2n) is 5.50. The Morgan fingerprint density at radius 1 is 1.43 bits per heavy atom. The van der Waals surface area contributed by atoms with Crippen LogP contribution < -0.4 is 10.6 Å². The minimum atomic E-state index is -0.260. The Labute approximate surface area is 142 Å². The van der Waals surface area contributed by atoms with Gasteiger partial charge in [-0.05, 0) is 53.4 Å². The van der Waals surface area contributed by atoms with Crippen molar-refractivity contribution in [2.75, 3.05) is 23.8 Å². The Balaban J connectivity index is 1.69. The van der Waals surface area contributed by atoms with E-state index in [1.807, 2.05) is 0 Å². The van der Waals surface area contributed by atoms with Crippen molar-refractivity contribution in [3.63, 3.8) is 0 Å². The number of benzene rings is 1. The quantitative estimate of drug-likeness (QED) is 0.819. The number of halogens is 2. The summed E-state index contributed by atoms with van der Waals surface area (Å²) in [6.07, 6.45) is 4.05. The van der Waals surface area contributed by atoms with E-state index in [1.54, 1.807) is 25.3 Å². The van der Waals surface area contributed by atoms with E-state index < -0.39 is 0 Å². The molecule has 122 valence electrons. The first-order chi connectivity index (χ1) is 11.1. The first-order valence-electron chi connectivity index (χ1n) is 7.53. The molecule has 23 heavy (non-hydrogen) atoms. The van der Waals surface area contributed by atoms with E-state index in [0.717, 1.165) is 23.9 Å². The van der Waals surface area contributed by atoms with Gasteiger partial charge in [-0.25, -0.2) is 9.37 Å². The Morgan fingerprint density at radius 2 is 2.30 bits per heavy atom. The molecule has 7 heteroatoms. The molecule has 2 aromatic rings. The molecule has 2 N–H and O–H groups in total. The van der Waals surface area contributed by atoms with Crippen molar-refractivity contribution in [2.24, 2.45) is 0 Å². The lowest BCUT2D eigenvalue weighted by Crippen LogP contribution is -2.19. The van der Waals surface area contributed by atoms with Gasteiger partial charge in [0.15, 0.2) is 0 Å². The maximum atomic E-state index is 13.6. The lowest BCUT2D eigenvalue weighted by Gasteiger charge is -2.13. The van der Waals surface area contributed by atoms with Crippen molar-refractivity contribution >= 4 is 33.4 Å². The molecule has 3 rings (SSSR count). The molecule has 0 amide bonds. The maximum absolute atomic E-state index is 13.6. The predicted molar refractivity (Wildman–Crippen MR) is 91.6 cm³/mol. The second-order valence-corrected chi connectivity index (χ2v) is 6.35. The van der Waals surface area contributed by atoms with Crippen LogP contribution in [-0.4, -0.2) is 29.2 Å². The molecular weight excluding hydrogens is 363 g/mol. The van der Waals surface area contributed by atoms with Crippen LogP contribution in [0.3, 0.4) is 0 Å². The van der Waals surface area contributed by atoms with E-state index in [-0.39, 0.29) is 11.9 Å². The first kappa shape index (κ1) is 16.1. The summed E-state index contributed by atoms with van der Waals surface area (Å²) in [6.45, 7) is 3.25. The van der Waals surface area contributed by atoms with Gasteiger partial charge in [-0.3, -0.25) is 0 Å². The number of hydrogen-bond donors (Lipinski definition) is 2. The van der Waals surface area contributed by atoms with Crippen LogP contribution in [0, 0.1) is 12.7 Å². The van der Waals surface area contributed by atoms with Gasteiger partial charge < -0.3 is 15.4 Å². The van der Waals surface area contributed by atoms with E-state index >= 15 is 0 Å². The largest absolute Gasteiger partial charge is 0.376 e. The summed E-state index contributed by atoms with van der Waals surface area (Å²) in [4.78, 5) is 8.63. The van der Waals surface area contributed by atoms with E-state index in [4.69, 9.17) is 4.74 Å². The summed E-state index contributed by atoms with van der Waals surface area (Å²) < 4.78 is 20.0. The highest BCUT2D eigenvalue weighted by molar-refractivity contribution is 9.10. The third-order valence-corrected chi connectivity index (χ3v) is 4.27. The zero-order valence-corrected chi connectivity index (χ0v) is 14.4. The van der Waals surface area contributed by atoms with Crippen molar-refractivity contribution in [3.8, 4) is 0 Å². The molecule has 1 saturated heterocycles. The van der Waals surface area contributed by atoms with Gasteiger partial charge in [0.25, 0.3) is 0 Å². The lowest BCUT2D eigenvalue weighted by atomic mass is 10.2. The van der Waals surface area contributed by atoms with E-state index in [2.05, 4.69) is 36.5 Å². The van der Waals surface area contributed by atoms with Crippen molar-refractivity contribution in [2.45, 2.75) is 25.9 Å². The van der Waals surface area contributed by atoms with Crippen LogP contribution in [0.1, 0.15) is 18.4 Å². The summed E-state index contributed by atoms with van der Waals surface area (Å²) in [5, 5.41) is 6.28. The van der Waals surface area contributed by atoms with E-state index in [0.29, 0.717) is 29.6 Å². The number of aromatic nitrogens is 2. The van der Waals surface area contributed by atoms with Gasteiger partial charge in [0.2, 0.25) is 5.95 Å². The standard InChI is InChI=1S/C16H18BrFN4O/c1-10-4-5-11(7-14(10)18)21-16-20-9-13(17)15(22-16)19-8-12-3-2-6-23-12/h4-5,7,9,12H,2-3,6,8H2,1H3,(H2,19,20,21,22). The number of ether oxygens (including phenoxy) is 1. The monoisotopic (exact) mass is 380 g/mol. The van der Waals surface area contributed by atoms with E-state index in [9.17, 15) is 4.39 Å².